The van der Waals surface area contributed by atoms with Crippen molar-refractivity contribution in [1.29, 1.82) is 0 Å². The van der Waals surface area contributed by atoms with Crippen LogP contribution < -0.4 is 10.1 Å². The van der Waals surface area contributed by atoms with Gasteiger partial charge in [-0.05, 0) is 35.9 Å². The number of carbonyl (C=O) groups is 2. The molecule has 1 N–H and O–H groups in total. The summed E-state index contributed by atoms with van der Waals surface area (Å²) in [5.74, 6) is -0.692. The van der Waals surface area contributed by atoms with Crippen molar-refractivity contribution < 1.29 is 18.7 Å². The van der Waals surface area contributed by atoms with Gasteiger partial charge in [-0.3, -0.25) is 9.59 Å². The zero-order valence-corrected chi connectivity index (χ0v) is 13.8. The number of amides is 2. The van der Waals surface area contributed by atoms with Crippen molar-refractivity contribution in [3.63, 3.8) is 0 Å². The summed E-state index contributed by atoms with van der Waals surface area (Å²) in [6.45, 7) is 0.326. The molecule has 2 aromatic rings. The van der Waals surface area contributed by atoms with Crippen LogP contribution in [0.1, 0.15) is 26.3 Å². The Morgan fingerprint density at radius 2 is 1.83 bits per heavy atom. The van der Waals surface area contributed by atoms with E-state index in [1.54, 1.807) is 38.4 Å². The Labute approximate surface area is 140 Å². The van der Waals surface area contributed by atoms with Gasteiger partial charge in [0.25, 0.3) is 11.8 Å². The highest BCUT2D eigenvalue weighted by Gasteiger charge is 2.18. The standard InChI is InChI=1S/C18H19FN2O3/c1-20-17(22)13-6-4-12(5-7-13)11-21(2)18(23)15-10-14(19)8-9-16(15)24-3/h4-10H,11H2,1-3H3,(H,20,22). The second-order valence-electron chi connectivity index (χ2n) is 5.28. The number of nitrogens with one attached hydrogen (secondary N) is 1. The Morgan fingerprint density at radius 1 is 1.17 bits per heavy atom. The fourth-order valence-electron chi connectivity index (χ4n) is 2.30. The van der Waals surface area contributed by atoms with Gasteiger partial charge in [-0.25, -0.2) is 4.39 Å². The molecule has 0 unspecified atom stereocenters. The lowest BCUT2D eigenvalue weighted by molar-refractivity contribution is 0.0780. The van der Waals surface area contributed by atoms with E-state index in [2.05, 4.69) is 5.32 Å². The van der Waals surface area contributed by atoms with Gasteiger partial charge in [-0.1, -0.05) is 12.1 Å². The van der Waals surface area contributed by atoms with Crippen molar-refractivity contribution in [3.8, 4) is 5.75 Å². The molecule has 0 aliphatic rings. The van der Waals surface area contributed by atoms with Crippen LogP contribution in [0.15, 0.2) is 42.5 Å². The van der Waals surface area contributed by atoms with Gasteiger partial charge < -0.3 is 15.0 Å². The highest BCUT2D eigenvalue weighted by molar-refractivity contribution is 5.97. The van der Waals surface area contributed by atoms with E-state index in [0.29, 0.717) is 17.9 Å². The van der Waals surface area contributed by atoms with Crippen molar-refractivity contribution >= 4 is 11.8 Å². The van der Waals surface area contributed by atoms with Crippen molar-refractivity contribution in [1.82, 2.24) is 10.2 Å². The lowest BCUT2D eigenvalue weighted by Crippen LogP contribution is -2.26. The summed E-state index contributed by atoms with van der Waals surface area (Å²) in [6.07, 6.45) is 0. The van der Waals surface area contributed by atoms with Gasteiger partial charge in [0.2, 0.25) is 0 Å². The third-order valence-electron chi connectivity index (χ3n) is 3.60. The fourth-order valence-corrected chi connectivity index (χ4v) is 2.30. The molecule has 0 fully saturated rings. The fraction of sp³-hybridized carbons (Fsp3) is 0.222. The number of carbonyl (C=O) groups excluding carboxylic acids is 2. The maximum Gasteiger partial charge on any atom is 0.257 e. The van der Waals surface area contributed by atoms with Gasteiger partial charge in [-0.2, -0.15) is 0 Å². The molecule has 0 aliphatic carbocycles. The average Bonchev–Trinajstić information content (AvgIpc) is 2.60. The van der Waals surface area contributed by atoms with Gasteiger partial charge in [0.05, 0.1) is 12.7 Å². The molecule has 2 rings (SSSR count). The molecule has 0 radical (unpaired) electrons. The van der Waals surface area contributed by atoms with Gasteiger partial charge in [-0.15, -0.1) is 0 Å². The van der Waals surface area contributed by atoms with E-state index < -0.39 is 5.82 Å². The average molecular weight is 330 g/mol. The van der Waals surface area contributed by atoms with E-state index in [9.17, 15) is 14.0 Å². The predicted molar refractivity (Wildman–Crippen MR) is 88.6 cm³/mol. The van der Waals surface area contributed by atoms with E-state index in [0.717, 1.165) is 11.6 Å². The Morgan fingerprint density at radius 3 is 2.42 bits per heavy atom. The zero-order valence-electron chi connectivity index (χ0n) is 13.8. The van der Waals surface area contributed by atoms with Gasteiger partial charge in [0.15, 0.2) is 0 Å². The third-order valence-corrected chi connectivity index (χ3v) is 3.60. The van der Waals surface area contributed by atoms with Crippen molar-refractivity contribution in [2.24, 2.45) is 0 Å². The second-order valence-corrected chi connectivity index (χ2v) is 5.28. The maximum atomic E-state index is 13.4. The quantitative estimate of drug-likeness (QED) is 0.916. The topological polar surface area (TPSA) is 58.6 Å². The van der Waals surface area contributed by atoms with Crippen LogP contribution in [0.25, 0.3) is 0 Å². The normalized spacial score (nSPS) is 10.2. The molecule has 6 heteroatoms. The number of hydrogen-bond acceptors (Lipinski definition) is 3. The van der Waals surface area contributed by atoms with Gasteiger partial charge in [0.1, 0.15) is 11.6 Å². The highest BCUT2D eigenvalue weighted by atomic mass is 19.1. The number of ether oxygens (including phenoxy) is 1. The monoisotopic (exact) mass is 330 g/mol. The van der Waals surface area contributed by atoms with Crippen LogP contribution in [0, 0.1) is 5.82 Å². The molecule has 0 heterocycles. The summed E-state index contributed by atoms with van der Waals surface area (Å²) in [5, 5.41) is 2.55. The predicted octanol–water partition coefficient (Wildman–Crippen LogP) is 2.47. The molecule has 0 spiro atoms. The summed E-state index contributed by atoms with van der Waals surface area (Å²) in [5.41, 5.74) is 1.57. The zero-order chi connectivity index (χ0) is 17.7. The smallest absolute Gasteiger partial charge is 0.257 e. The molecule has 0 bridgehead atoms. The first-order valence-electron chi connectivity index (χ1n) is 7.36. The molecule has 2 aromatic carbocycles. The maximum absolute atomic E-state index is 13.4. The molecular formula is C18H19FN2O3. The first-order chi connectivity index (χ1) is 11.5. The Bertz CT molecular complexity index is 744. The summed E-state index contributed by atoms with van der Waals surface area (Å²) in [7, 11) is 4.62. The van der Waals surface area contributed by atoms with E-state index >= 15 is 0 Å². The van der Waals surface area contributed by atoms with E-state index in [1.807, 2.05) is 0 Å². The Hall–Kier alpha value is -2.89. The molecular weight excluding hydrogens is 311 g/mol. The largest absolute Gasteiger partial charge is 0.496 e. The van der Waals surface area contributed by atoms with E-state index in [4.69, 9.17) is 4.74 Å². The lowest BCUT2D eigenvalue weighted by atomic mass is 10.1. The van der Waals surface area contributed by atoms with Gasteiger partial charge in [0, 0.05) is 26.2 Å². The molecule has 0 saturated carbocycles. The SMILES string of the molecule is CNC(=O)c1ccc(CN(C)C(=O)c2cc(F)ccc2OC)cc1. The number of benzene rings is 2. The van der Waals surface area contributed by atoms with E-state index in [-0.39, 0.29) is 17.4 Å². The third kappa shape index (κ3) is 3.90. The van der Waals surface area contributed by atoms with Gasteiger partial charge >= 0.3 is 0 Å². The number of halogens is 1. The summed E-state index contributed by atoms with van der Waals surface area (Å²) in [6, 6.07) is 10.8. The second kappa shape index (κ2) is 7.59. The molecule has 2 amide bonds. The summed E-state index contributed by atoms with van der Waals surface area (Å²) in [4.78, 5) is 25.5. The minimum absolute atomic E-state index is 0.169. The van der Waals surface area contributed by atoms with Crippen LogP contribution in [-0.2, 0) is 6.54 Å². The van der Waals surface area contributed by atoms with Crippen molar-refractivity contribution in [3.05, 3.63) is 65.0 Å². The Balaban J connectivity index is 2.14. The lowest BCUT2D eigenvalue weighted by Gasteiger charge is -2.19. The molecule has 0 atom stereocenters. The van der Waals surface area contributed by atoms with Crippen LogP contribution in [0.4, 0.5) is 4.39 Å². The Kier molecular flexibility index (Phi) is 5.52. The number of methoxy groups -OCH3 is 1. The van der Waals surface area contributed by atoms with Crippen molar-refractivity contribution in [2.45, 2.75) is 6.54 Å². The van der Waals surface area contributed by atoms with Crippen LogP contribution in [0.3, 0.4) is 0 Å². The molecule has 24 heavy (non-hydrogen) atoms. The summed E-state index contributed by atoms with van der Waals surface area (Å²) >= 11 is 0. The molecule has 5 nitrogen and oxygen atoms in total. The molecule has 126 valence electrons. The first kappa shape index (κ1) is 17.5. The molecule has 0 aromatic heterocycles. The number of hydrogen-bond donors (Lipinski definition) is 1. The van der Waals surface area contributed by atoms with E-state index in [1.165, 1.54) is 24.1 Å². The number of nitrogens with zero attached hydrogens (tertiary/aromatic N) is 1. The minimum Gasteiger partial charge on any atom is -0.496 e. The van der Waals surface area contributed by atoms with Crippen LogP contribution in [0.5, 0.6) is 5.75 Å². The first-order valence-corrected chi connectivity index (χ1v) is 7.36. The van der Waals surface area contributed by atoms with Crippen LogP contribution in [-0.4, -0.2) is 37.9 Å². The minimum atomic E-state index is -0.498. The highest BCUT2D eigenvalue weighted by Crippen LogP contribution is 2.21. The van der Waals surface area contributed by atoms with Crippen molar-refractivity contribution in [2.75, 3.05) is 21.2 Å². The summed E-state index contributed by atoms with van der Waals surface area (Å²) < 4.78 is 18.5. The van der Waals surface area contributed by atoms with Crippen LogP contribution in [0.2, 0.25) is 0 Å². The molecule has 0 saturated heterocycles. The molecule has 0 aliphatic heterocycles. The number of rotatable bonds is 5. The van der Waals surface area contributed by atoms with Crippen LogP contribution >= 0.6 is 0 Å².